The third-order valence-corrected chi connectivity index (χ3v) is 1.41. The lowest BCUT2D eigenvalue weighted by atomic mass is 10.2. The summed E-state index contributed by atoms with van der Waals surface area (Å²) >= 11 is 0. The molecule has 0 unspecified atom stereocenters. The first-order valence-corrected chi connectivity index (χ1v) is 6.15. The lowest BCUT2D eigenvalue weighted by Gasteiger charge is -1.86. The van der Waals surface area contributed by atoms with E-state index in [1.807, 2.05) is 41.5 Å². The fraction of sp³-hybridized carbons (Fsp3) is 0.846. The molecule has 0 saturated carbocycles. The van der Waals surface area contributed by atoms with Gasteiger partial charge in [-0.15, -0.1) is 0 Å². The van der Waals surface area contributed by atoms with Gasteiger partial charge >= 0.3 is 0 Å². The van der Waals surface area contributed by atoms with Gasteiger partial charge in [-0.25, -0.2) is 0 Å². The maximum Gasteiger partial charge on any atom is -0.0351 e. The van der Waals surface area contributed by atoms with Crippen LogP contribution in [0, 0.1) is 0 Å². The molecular formula is C13H30. The minimum Gasteiger partial charge on any atom is -0.0885 e. The molecular weight excluding hydrogens is 156 g/mol. The summed E-state index contributed by atoms with van der Waals surface area (Å²) in [6, 6.07) is 0. The number of rotatable bonds is 0. The lowest BCUT2D eigenvalue weighted by molar-refractivity contribution is 0.718. The van der Waals surface area contributed by atoms with Crippen LogP contribution < -0.4 is 0 Å². The second-order valence-electron chi connectivity index (χ2n) is 2.11. The van der Waals surface area contributed by atoms with E-state index in [0.29, 0.717) is 0 Å². The topological polar surface area (TPSA) is 0 Å². The number of hydrogen-bond acceptors (Lipinski definition) is 0. The van der Waals surface area contributed by atoms with Gasteiger partial charge in [0.15, 0.2) is 0 Å². The molecule has 1 aliphatic carbocycles. The van der Waals surface area contributed by atoms with Crippen molar-refractivity contribution in [3.8, 4) is 0 Å². The van der Waals surface area contributed by atoms with Gasteiger partial charge in [0, 0.05) is 0 Å². The molecule has 0 saturated heterocycles. The molecule has 0 N–H and O–H groups in total. The predicted molar refractivity (Wildman–Crippen MR) is 66.3 cm³/mol. The SMILES string of the molecule is C1=CCCCCC1.CC.CC.CC. The summed E-state index contributed by atoms with van der Waals surface area (Å²) in [5.74, 6) is 0. The minimum atomic E-state index is 1.32. The quantitative estimate of drug-likeness (QED) is 0.433. The summed E-state index contributed by atoms with van der Waals surface area (Å²) in [7, 11) is 0. The van der Waals surface area contributed by atoms with Crippen LogP contribution in [0.3, 0.4) is 0 Å². The summed E-state index contributed by atoms with van der Waals surface area (Å²) in [5.41, 5.74) is 0. The molecule has 1 aliphatic rings. The summed E-state index contributed by atoms with van der Waals surface area (Å²) in [4.78, 5) is 0. The van der Waals surface area contributed by atoms with Crippen LogP contribution in [-0.4, -0.2) is 0 Å². The first-order chi connectivity index (χ1) is 6.50. The van der Waals surface area contributed by atoms with E-state index >= 15 is 0 Å². The third kappa shape index (κ3) is 24.5. The highest BCUT2D eigenvalue weighted by Crippen LogP contribution is 2.08. The van der Waals surface area contributed by atoms with E-state index in [2.05, 4.69) is 12.2 Å². The molecule has 0 atom stereocenters. The highest BCUT2D eigenvalue weighted by atomic mass is 13.9. The summed E-state index contributed by atoms with van der Waals surface area (Å²) < 4.78 is 0. The Kier molecular flexibility index (Phi) is 42.4. The zero-order valence-electron chi connectivity index (χ0n) is 10.7. The average molecular weight is 186 g/mol. The molecule has 0 aliphatic heterocycles. The Morgan fingerprint density at radius 1 is 0.538 bits per heavy atom. The molecule has 0 aromatic carbocycles. The number of allylic oxidation sites excluding steroid dienone is 2. The molecule has 0 bridgehead atoms. The van der Waals surface area contributed by atoms with Crippen molar-refractivity contribution >= 4 is 0 Å². The highest BCUT2D eigenvalue weighted by molar-refractivity contribution is 4.83. The minimum absolute atomic E-state index is 1.32. The molecule has 82 valence electrons. The van der Waals surface area contributed by atoms with Gasteiger partial charge in [-0.2, -0.15) is 0 Å². The van der Waals surface area contributed by atoms with Crippen LogP contribution in [0.4, 0.5) is 0 Å². The Balaban J connectivity index is -0.000000144. The van der Waals surface area contributed by atoms with Crippen molar-refractivity contribution in [1.29, 1.82) is 0 Å². The summed E-state index contributed by atoms with van der Waals surface area (Å²) in [5, 5.41) is 0. The van der Waals surface area contributed by atoms with E-state index in [-0.39, 0.29) is 0 Å². The van der Waals surface area contributed by atoms with E-state index in [9.17, 15) is 0 Å². The Hall–Kier alpha value is -0.260. The summed E-state index contributed by atoms with van der Waals surface area (Å²) in [6.07, 6.45) is 11.5. The largest absolute Gasteiger partial charge is 0.0885 e. The van der Waals surface area contributed by atoms with Crippen molar-refractivity contribution in [2.24, 2.45) is 0 Å². The Morgan fingerprint density at radius 2 is 0.846 bits per heavy atom. The maximum absolute atomic E-state index is 2.30. The molecule has 0 heteroatoms. The molecule has 1 rings (SSSR count). The maximum atomic E-state index is 2.30. The molecule has 0 nitrogen and oxygen atoms in total. The molecule has 0 aromatic heterocycles. The molecule has 13 heavy (non-hydrogen) atoms. The van der Waals surface area contributed by atoms with Crippen LogP contribution in [0.5, 0.6) is 0 Å². The molecule has 0 radical (unpaired) electrons. The molecule has 0 fully saturated rings. The highest BCUT2D eigenvalue weighted by Gasteiger charge is 1.88. The van der Waals surface area contributed by atoms with E-state index in [0.717, 1.165) is 0 Å². The molecule has 0 amide bonds. The standard InChI is InChI=1S/C7H12.3C2H6/c1-2-4-6-7-5-3-1;3*1-2/h1-2H,3-7H2;3*1-2H3. The van der Waals surface area contributed by atoms with Gasteiger partial charge in [-0.1, -0.05) is 60.1 Å². The fourth-order valence-electron chi connectivity index (χ4n) is 0.937. The van der Waals surface area contributed by atoms with Crippen molar-refractivity contribution in [2.45, 2.75) is 73.6 Å². The lowest BCUT2D eigenvalue weighted by Crippen LogP contribution is -1.67. The van der Waals surface area contributed by atoms with Crippen molar-refractivity contribution in [2.75, 3.05) is 0 Å². The molecule has 0 spiro atoms. The zero-order valence-corrected chi connectivity index (χ0v) is 10.7. The molecule has 0 aromatic rings. The van der Waals surface area contributed by atoms with Crippen LogP contribution in [0.25, 0.3) is 0 Å². The smallest absolute Gasteiger partial charge is 0.0351 e. The van der Waals surface area contributed by atoms with E-state index in [1.165, 1.54) is 32.1 Å². The van der Waals surface area contributed by atoms with Crippen LogP contribution in [-0.2, 0) is 0 Å². The van der Waals surface area contributed by atoms with E-state index < -0.39 is 0 Å². The monoisotopic (exact) mass is 186 g/mol. The van der Waals surface area contributed by atoms with Crippen molar-refractivity contribution in [3.63, 3.8) is 0 Å². The van der Waals surface area contributed by atoms with E-state index in [1.54, 1.807) is 0 Å². The van der Waals surface area contributed by atoms with Crippen LogP contribution >= 0.6 is 0 Å². The summed E-state index contributed by atoms with van der Waals surface area (Å²) in [6.45, 7) is 12.0. The number of hydrogen-bond donors (Lipinski definition) is 0. The Morgan fingerprint density at radius 3 is 1.15 bits per heavy atom. The van der Waals surface area contributed by atoms with Crippen LogP contribution in [0.15, 0.2) is 12.2 Å². The first kappa shape index (κ1) is 18.5. The van der Waals surface area contributed by atoms with Crippen LogP contribution in [0.2, 0.25) is 0 Å². The van der Waals surface area contributed by atoms with Gasteiger partial charge in [-0.05, 0) is 25.7 Å². The van der Waals surface area contributed by atoms with Gasteiger partial charge in [0.1, 0.15) is 0 Å². The second kappa shape index (κ2) is 29.8. The first-order valence-electron chi connectivity index (χ1n) is 6.15. The average Bonchev–Trinajstić information content (AvgIpc) is 2.58. The van der Waals surface area contributed by atoms with Gasteiger partial charge in [0.2, 0.25) is 0 Å². The normalized spacial score (nSPS) is 13.1. The van der Waals surface area contributed by atoms with Gasteiger partial charge in [-0.3, -0.25) is 0 Å². The Bertz CT molecular complexity index is 54.4. The van der Waals surface area contributed by atoms with Crippen LogP contribution in [0.1, 0.15) is 73.6 Å². The van der Waals surface area contributed by atoms with Gasteiger partial charge < -0.3 is 0 Å². The third-order valence-electron chi connectivity index (χ3n) is 1.41. The van der Waals surface area contributed by atoms with Crippen molar-refractivity contribution < 1.29 is 0 Å². The van der Waals surface area contributed by atoms with Gasteiger partial charge in [0.05, 0.1) is 0 Å². The van der Waals surface area contributed by atoms with Crippen molar-refractivity contribution in [1.82, 2.24) is 0 Å². The van der Waals surface area contributed by atoms with E-state index in [4.69, 9.17) is 0 Å². The fourth-order valence-corrected chi connectivity index (χ4v) is 0.937. The second-order valence-corrected chi connectivity index (χ2v) is 2.11. The van der Waals surface area contributed by atoms with Gasteiger partial charge in [0.25, 0.3) is 0 Å². The Labute approximate surface area is 86.4 Å². The zero-order chi connectivity index (χ0) is 10.9. The van der Waals surface area contributed by atoms with Crippen molar-refractivity contribution in [3.05, 3.63) is 12.2 Å². The molecule has 0 heterocycles. The predicted octanol–water partition coefficient (Wildman–Crippen LogP) is 5.59.